The topological polar surface area (TPSA) is 57.2 Å². The molecule has 0 bridgehead atoms. The number of phenolic OH excluding ortho intramolecular Hbond substituents is 1. The minimum atomic E-state index is -2.59. The van der Waals surface area contributed by atoms with E-state index in [1.165, 1.54) is 25.7 Å². The Labute approximate surface area is 188 Å². The van der Waals surface area contributed by atoms with E-state index in [1.807, 2.05) is 24.3 Å². The summed E-state index contributed by atoms with van der Waals surface area (Å²) < 4.78 is 22.4. The lowest BCUT2D eigenvalue weighted by Crippen LogP contribution is -2.42. The number of phenols is 1. The fraction of sp³-hybridized carbons (Fsp3) is 0.520. The maximum atomic E-state index is 10.0. The molecule has 0 aromatic heterocycles. The molecule has 0 saturated carbocycles. The Balaban J connectivity index is 1.99. The van der Waals surface area contributed by atoms with Gasteiger partial charge >= 0.3 is 8.80 Å². The van der Waals surface area contributed by atoms with Crippen LogP contribution in [0.1, 0.15) is 51.0 Å². The molecule has 0 saturated heterocycles. The summed E-state index contributed by atoms with van der Waals surface area (Å²) in [6.45, 7) is 2.99. The first-order valence-electron chi connectivity index (χ1n) is 11.3. The van der Waals surface area contributed by atoms with Crippen molar-refractivity contribution in [3.05, 3.63) is 48.0 Å². The normalized spacial score (nSPS) is 11.6. The highest BCUT2D eigenvalue weighted by Gasteiger charge is 2.36. The molecule has 6 heteroatoms. The van der Waals surface area contributed by atoms with Crippen molar-refractivity contribution in [1.82, 2.24) is 0 Å². The summed E-state index contributed by atoms with van der Waals surface area (Å²) in [6, 6.07) is 14.5. The van der Waals surface area contributed by atoms with Gasteiger partial charge in [0.15, 0.2) is 0 Å². The zero-order valence-electron chi connectivity index (χ0n) is 19.5. The average Bonchev–Trinajstić information content (AvgIpc) is 2.80. The summed E-state index contributed by atoms with van der Waals surface area (Å²) in [7, 11) is 2.31. The lowest BCUT2D eigenvalue weighted by atomic mass is 9.96. The summed E-state index contributed by atoms with van der Waals surface area (Å²) >= 11 is 0. The van der Waals surface area contributed by atoms with Gasteiger partial charge in [-0.25, -0.2) is 0 Å². The number of benzene rings is 2. The lowest BCUT2D eigenvalue weighted by Gasteiger charge is -2.24. The number of ether oxygens (including phenoxy) is 1. The molecule has 0 heterocycles. The monoisotopic (exact) mass is 446 g/mol. The van der Waals surface area contributed by atoms with Crippen molar-refractivity contribution in [2.75, 3.05) is 27.9 Å². The van der Waals surface area contributed by atoms with Crippen molar-refractivity contribution >= 4 is 8.80 Å². The van der Waals surface area contributed by atoms with E-state index in [4.69, 9.17) is 18.0 Å². The average molecular weight is 447 g/mol. The van der Waals surface area contributed by atoms with Crippen LogP contribution < -0.4 is 4.74 Å². The molecule has 31 heavy (non-hydrogen) atoms. The molecule has 0 amide bonds. The number of rotatable bonds is 15. The van der Waals surface area contributed by atoms with E-state index in [2.05, 4.69) is 19.1 Å². The van der Waals surface area contributed by atoms with Crippen molar-refractivity contribution in [1.29, 1.82) is 0 Å². The summed E-state index contributed by atoms with van der Waals surface area (Å²) in [4.78, 5) is 0. The van der Waals surface area contributed by atoms with Crippen LogP contribution in [0.3, 0.4) is 0 Å². The number of aromatic hydroxyl groups is 1. The maximum Gasteiger partial charge on any atom is 0.500 e. The molecule has 2 rings (SSSR count). The van der Waals surface area contributed by atoms with Crippen molar-refractivity contribution in [3.8, 4) is 22.6 Å². The molecule has 172 valence electrons. The molecule has 0 unspecified atom stereocenters. The van der Waals surface area contributed by atoms with Crippen molar-refractivity contribution in [3.63, 3.8) is 0 Å². The molecule has 0 atom stereocenters. The zero-order valence-corrected chi connectivity index (χ0v) is 20.5. The van der Waals surface area contributed by atoms with E-state index in [1.54, 1.807) is 27.4 Å². The molecule has 0 radical (unpaired) electrons. The van der Waals surface area contributed by atoms with Crippen LogP contribution in [0.5, 0.6) is 11.5 Å². The van der Waals surface area contributed by atoms with Gasteiger partial charge in [0.05, 0.1) is 6.61 Å². The summed E-state index contributed by atoms with van der Waals surface area (Å²) in [5.41, 5.74) is 3.32. The standard InChI is InChI=1S/C25H38O5Si/c1-5-6-7-8-9-18-30-24-15-12-21(13-16-24)25-17-14-23(26)20-22(25)11-10-19-31(27-2,28-3)29-4/h12-17,20,26H,5-11,18-19H2,1-4H3. The summed E-state index contributed by atoms with van der Waals surface area (Å²) in [6.07, 6.45) is 7.80. The van der Waals surface area contributed by atoms with Crippen LogP contribution >= 0.6 is 0 Å². The van der Waals surface area contributed by atoms with Crippen molar-refractivity contribution < 1.29 is 23.1 Å². The molecule has 0 fully saturated rings. The Morgan fingerprint density at radius 1 is 0.806 bits per heavy atom. The first-order valence-corrected chi connectivity index (χ1v) is 13.2. The second-order valence-electron chi connectivity index (χ2n) is 7.78. The van der Waals surface area contributed by atoms with Gasteiger partial charge in [0, 0.05) is 27.4 Å². The largest absolute Gasteiger partial charge is 0.508 e. The SMILES string of the molecule is CCCCCCCOc1ccc(-c2ccc(O)cc2CCC[Si](OC)(OC)OC)cc1. The highest BCUT2D eigenvalue weighted by Crippen LogP contribution is 2.30. The van der Waals surface area contributed by atoms with Crippen molar-refractivity contribution in [2.45, 2.75) is 57.9 Å². The predicted octanol–water partition coefficient (Wildman–Crippen LogP) is 6.22. The Kier molecular flexibility index (Phi) is 11.1. The molecule has 0 aliphatic rings. The van der Waals surface area contributed by atoms with Crippen LogP contribution in [0.2, 0.25) is 6.04 Å². The fourth-order valence-corrected chi connectivity index (χ4v) is 5.47. The molecule has 0 spiro atoms. The maximum absolute atomic E-state index is 10.0. The van der Waals surface area contributed by atoms with Gasteiger partial charge in [-0.1, -0.05) is 50.8 Å². The van der Waals surface area contributed by atoms with E-state index in [0.717, 1.165) is 54.4 Å². The van der Waals surface area contributed by atoms with Gasteiger partial charge in [-0.05, 0) is 60.2 Å². The van der Waals surface area contributed by atoms with Gasteiger partial charge in [0.25, 0.3) is 0 Å². The minimum Gasteiger partial charge on any atom is -0.508 e. The van der Waals surface area contributed by atoms with Crippen LogP contribution in [0.25, 0.3) is 11.1 Å². The number of hydrogen-bond donors (Lipinski definition) is 1. The summed E-state index contributed by atoms with van der Waals surface area (Å²) in [5, 5.41) is 10.0. The van der Waals surface area contributed by atoms with Gasteiger partial charge in [0.1, 0.15) is 11.5 Å². The van der Waals surface area contributed by atoms with Gasteiger partial charge in [-0.2, -0.15) is 0 Å². The summed E-state index contributed by atoms with van der Waals surface area (Å²) in [5.74, 6) is 1.17. The fourth-order valence-electron chi connectivity index (χ4n) is 3.75. The second-order valence-corrected chi connectivity index (χ2v) is 10.9. The Hall–Kier alpha value is -1.86. The van der Waals surface area contributed by atoms with E-state index < -0.39 is 8.80 Å². The first-order chi connectivity index (χ1) is 15.1. The molecule has 0 aliphatic carbocycles. The van der Waals surface area contributed by atoms with Gasteiger partial charge in [-0.15, -0.1) is 0 Å². The lowest BCUT2D eigenvalue weighted by molar-refractivity contribution is 0.123. The third-order valence-corrected chi connectivity index (χ3v) is 8.46. The molecule has 0 aliphatic heterocycles. The molecule has 2 aromatic carbocycles. The number of aryl methyl sites for hydroxylation is 1. The van der Waals surface area contributed by atoms with Crippen LogP contribution in [0.4, 0.5) is 0 Å². The number of hydrogen-bond acceptors (Lipinski definition) is 5. The minimum absolute atomic E-state index is 0.274. The highest BCUT2D eigenvalue weighted by molar-refractivity contribution is 6.60. The van der Waals surface area contributed by atoms with E-state index in [-0.39, 0.29) is 5.75 Å². The van der Waals surface area contributed by atoms with Gasteiger partial charge in [-0.3, -0.25) is 0 Å². The Morgan fingerprint density at radius 3 is 2.13 bits per heavy atom. The first kappa shape index (κ1) is 25.4. The molecular weight excluding hydrogens is 408 g/mol. The van der Waals surface area contributed by atoms with Crippen LogP contribution in [-0.4, -0.2) is 41.8 Å². The quantitative estimate of drug-likeness (QED) is 0.260. The smallest absolute Gasteiger partial charge is 0.500 e. The third-order valence-electron chi connectivity index (χ3n) is 5.63. The van der Waals surface area contributed by atoms with Gasteiger partial charge < -0.3 is 23.1 Å². The van der Waals surface area contributed by atoms with Crippen molar-refractivity contribution in [2.24, 2.45) is 0 Å². The molecule has 1 N–H and O–H groups in total. The predicted molar refractivity (Wildman–Crippen MR) is 128 cm³/mol. The van der Waals surface area contributed by atoms with Gasteiger partial charge in [0.2, 0.25) is 0 Å². The van der Waals surface area contributed by atoms with Crippen LogP contribution in [0.15, 0.2) is 42.5 Å². The van der Waals surface area contributed by atoms with Crippen LogP contribution in [0, 0.1) is 0 Å². The zero-order chi connectivity index (χ0) is 22.5. The van der Waals surface area contributed by atoms with E-state index in [9.17, 15) is 5.11 Å². The third kappa shape index (κ3) is 7.96. The molecule has 2 aromatic rings. The molecule has 5 nitrogen and oxygen atoms in total. The van der Waals surface area contributed by atoms with Crippen LogP contribution in [-0.2, 0) is 19.7 Å². The molecular formula is C25H38O5Si. The Bertz CT molecular complexity index is 751. The van der Waals surface area contributed by atoms with E-state index >= 15 is 0 Å². The Morgan fingerprint density at radius 2 is 1.48 bits per heavy atom. The van der Waals surface area contributed by atoms with E-state index in [0.29, 0.717) is 0 Å². The second kappa shape index (κ2) is 13.5. The number of unbranched alkanes of at least 4 members (excludes halogenated alkanes) is 4. The highest BCUT2D eigenvalue weighted by atomic mass is 28.4.